The normalized spacial score (nSPS) is 13.5. The highest BCUT2D eigenvalue weighted by Gasteiger charge is 2.20. The second-order valence-electron chi connectivity index (χ2n) is 2.05. The highest BCUT2D eigenvalue weighted by atomic mass is 19.3. The molecule has 1 unspecified atom stereocenters. The Morgan fingerprint density at radius 2 is 1.91 bits per heavy atom. The molecule has 0 heterocycles. The van der Waals surface area contributed by atoms with Crippen LogP contribution in [0.5, 0.6) is 0 Å². The molecular formula is C8H6F3. The number of rotatable bonds is 2. The summed E-state index contributed by atoms with van der Waals surface area (Å²) >= 11 is 0. The number of benzene rings is 1. The molecule has 0 aliphatic carbocycles. The maximum atomic E-state index is 12.5. The standard InChI is InChI=1S/C8H6F3/c9-7(8(10)11)6-4-2-1-3-5-6/h1-4,7-8H. The van der Waals surface area contributed by atoms with Gasteiger partial charge in [0.2, 0.25) is 0 Å². The summed E-state index contributed by atoms with van der Waals surface area (Å²) in [4.78, 5) is 0. The van der Waals surface area contributed by atoms with E-state index in [2.05, 4.69) is 6.07 Å². The van der Waals surface area contributed by atoms with E-state index in [1.165, 1.54) is 18.2 Å². The third-order valence-electron chi connectivity index (χ3n) is 1.25. The van der Waals surface area contributed by atoms with Gasteiger partial charge in [0.25, 0.3) is 6.43 Å². The van der Waals surface area contributed by atoms with E-state index in [0.717, 1.165) is 0 Å². The molecular weight excluding hydrogens is 153 g/mol. The van der Waals surface area contributed by atoms with Gasteiger partial charge in [-0.1, -0.05) is 24.3 Å². The van der Waals surface area contributed by atoms with Crippen LogP contribution in [-0.4, -0.2) is 6.43 Å². The Morgan fingerprint density at radius 3 is 2.36 bits per heavy atom. The number of hydrogen-bond donors (Lipinski definition) is 0. The fourth-order valence-corrected chi connectivity index (χ4v) is 0.714. The van der Waals surface area contributed by atoms with Crippen LogP contribution >= 0.6 is 0 Å². The van der Waals surface area contributed by atoms with E-state index in [1.807, 2.05) is 0 Å². The zero-order valence-electron chi connectivity index (χ0n) is 5.60. The molecule has 0 bridgehead atoms. The minimum Gasteiger partial charge on any atom is -0.236 e. The molecule has 1 aromatic rings. The Morgan fingerprint density at radius 1 is 1.18 bits per heavy atom. The Balaban J connectivity index is 2.77. The lowest BCUT2D eigenvalue weighted by Gasteiger charge is -2.04. The highest BCUT2D eigenvalue weighted by Crippen LogP contribution is 2.23. The van der Waals surface area contributed by atoms with Gasteiger partial charge in [0, 0.05) is 0 Å². The van der Waals surface area contributed by atoms with Crippen molar-refractivity contribution in [3.8, 4) is 0 Å². The Hall–Kier alpha value is -0.990. The van der Waals surface area contributed by atoms with Gasteiger partial charge in [-0.25, -0.2) is 13.2 Å². The maximum Gasteiger partial charge on any atom is 0.273 e. The molecule has 0 fully saturated rings. The van der Waals surface area contributed by atoms with Gasteiger partial charge < -0.3 is 0 Å². The van der Waals surface area contributed by atoms with Gasteiger partial charge in [0.15, 0.2) is 6.17 Å². The maximum absolute atomic E-state index is 12.5. The topological polar surface area (TPSA) is 0 Å². The van der Waals surface area contributed by atoms with Crippen LogP contribution in [0.25, 0.3) is 0 Å². The van der Waals surface area contributed by atoms with Crippen molar-refractivity contribution < 1.29 is 13.2 Å². The van der Waals surface area contributed by atoms with E-state index in [4.69, 9.17) is 0 Å². The molecule has 0 N–H and O–H groups in total. The van der Waals surface area contributed by atoms with Crippen molar-refractivity contribution >= 4 is 0 Å². The van der Waals surface area contributed by atoms with E-state index in [1.54, 1.807) is 6.07 Å². The molecule has 0 aliphatic rings. The fraction of sp³-hybridized carbons (Fsp3) is 0.250. The Labute approximate surface area is 62.7 Å². The average molecular weight is 159 g/mol. The molecule has 0 saturated carbocycles. The summed E-state index contributed by atoms with van der Waals surface area (Å²) in [6.45, 7) is 0. The predicted molar refractivity (Wildman–Crippen MR) is 35.1 cm³/mol. The third kappa shape index (κ3) is 1.97. The first-order valence-electron chi connectivity index (χ1n) is 3.10. The van der Waals surface area contributed by atoms with Crippen LogP contribution in [0.2, 0.25) is 0 Å². The van der Waals surface area contributed by atoms with Crippen molar-refractivity contribution in [2.45, 2.75) is 12.6 Å². The molecule has 59 valence electrons. The van der Waals surface area contributed by atoms with Gasteiger partial charge in [0.1, 0.15) is 0 Å². The molecule has 0 saturated heterocycles. The second kappa shape index (κ2) is 3.42. The Kier molecular flexibility index (Phi) is 2.52. The number of hydrogen-bond acceptors (Lipinski definition) is 0. The first kappa shape index (κ1) is 8.11. The van der Waals surface area contributed by atoms with Crippen molar-refractivity contribution in [1.82, 2.24) is 0 Å². The van der Waals surface area contributed by atoms with Crippen molar-refractivity contribution in [2.24, 2.45) is 0 Å². The fourth-order valence-electron chi connectivity index (χ4n) is 0.714. The van der Waals surface area contributed by atoms with Crippen LogP contribution in [0.1, 0.15) is 11.7 Å². The molecule has 0 amide bonds. The van der Waals surface area contributed by atoms with Crippen LogP contribution in [0, 0.1) is 6.07 Å². The predicted octanol–water partition coefficient (Wildman–Crippen LogP) is 2.76. The molecule has 1 rings (SSSR count). The van der Waals surface area contributed by atoms with E-state index in [0.29, 0.717) is 0 Å². The summed E-state index contributed by atoms with van der Waals surface area (Å²) in [6.07, 6.45) is -5.18. The van der Waals surface area contributed by atoms with Crippen LogP contribution < -0.4 is 0 Å². The largest absolute Gasteiger partial charge is 0.273 e. The van der Waals surface area contributed by atoms with Gasteiger partial charge in [0.05, 0.1) is 0 Å². The van der Waals surface area contributed by atoms with Gasteiger partial charge in [-0.3, -0.25) is 0 Å². The van der Waals surface area contributed by atoms with Gasteiger partial charge in [-0.15, -0.1) is 0 Å². The lowest BCUT2D eigenvalue weighted by Crippen LogP contribution is -2.02. The molecule has 1 aromatic carbocycles. The molecule has 1 atom stereocenters. The molecule has 0 aromatic heterocycles. The van der Waals surface area contributed by atoms with Crippen molar-refractivity contribution in [3.63, 3.8) is 0 Å². The smallest absolute Gasteiger partial charge is 0.236 e. The quantitative estimate of drug-likeness (QED) is 0.622. The first-order valence-corrected chi connectivity index (χ1v) is 3.10. The lowest BCUT2D eigenvalue weighted by molar-refractivity contribution is 0.0494. The van der Waals surface area contributed by atoms with E-state index in [9.17, 15) is 13.2 Å². The molecule has 11 heavy (non-hydrogen) atoms. The number of alkyl halides is 3. The van der Waals surface area contributed by atoms with Crippen LogP contribution in [0.15, 0.2) is 24.3 Å². The summed E-state index contributed by atoms with van der Waals surface area (Å²) in [7, 11) is 0. The van der Waals surface area contributed by atoms with Crippen LogP contribution in [0.3, 0.4) is 0 Å². The van der Waals surface area contributed by atoms with Gasteiger partial charge >= 0.3 is 0 Å². The molecule has 3 heteroatoms. The van der Waals surface area contributed by atoms with Crippen molar-refractivity contribution in [1.29, 1.82) is 0 Å². The summed E-state index contributed by atoms with van der Waals surface area (Å²) in [5.41, 5.74) is -0.0949. The molecule has 0 aliphatic heterocycles. The lowest BCUT2D eigenvalue weighted by atomic mass is 10.1. The zero-order valence-corrected chi connectivity index (χ0v) is 5.60. The molecule has 0 nitrogen and oxygen atoms in total. The monoisotopic (exact) mass is 159 g/mol. The van der Waals surface area contributed by atoms with Crippen LogP contribution in [0.4, 0.5) is 13.2 Å². The SMILES string of the molecule is FC(F)C(F)c1[c]cccc1. The van der Waals surface area contributed by atoms with Gasteiger partial charge in [-0.2, -0.15) is 0 Å². The van der Waals surface area contributed by atoms with E-state index < -0.39 is 12.6 Å². The first-order chi connectivity index (χ1) is 5.22. The van der Waals surface area contributed by atoms with E-state index in [-0.39, 0.29) is 5.56 Å². The minimum atomic E-state index is -2.96. The average Bonchev–Trinajstić information content (AvgIpc) is 2.05. The summed E-state index contributed by atoms with van der Waals surface area (Å²) in [6, 6.07) is 8.19. The third-order valence-corrected chi connectivity index (χ3v) is 1.25. The molecule has 0 spiro atoms. The van der Waals surface area contributed by atoms with E-state index >= 15 is 0 Å². The Bertz CT molecular complexity index is 208. The highest BCUT2D eigenvalue weighted by molar-refractivity contribution is 5.16. The molecule has 1 radical (unpaired) electrons. The van der Waals surface area contributed by atoms with Crippen molar-refractivity contribution in [2.75, 3.05) is 0 Å². The van der Waals surface area contributed by atoms with Crippen molar-refractivity contribution in [3.05, 3.63) is 35.9 Å². The minimum absolute atomic E-state index is 0.0949. The zero-order chi connectivity index (χ0) is 8.27. The van der Waals surface area contributed by atoms with Crippen LogP contribution in [-0.2, 0) is 0 Å². The van der Waals surface area contributed by atoms with Gasteiger partial charge in [-0.05, 0) is 11.6 Å². The number of halogens is 3. The summed E-state index contributed by atoms with van der Waals surface area (Å²) in [5.74, 6) is 0. The summed E-state index contributed by atoms with van der Waals surface area (Å²) in [5, 5.41) is 0. The second-order valence-corrected chi connectivity index (χ2v) is 2.05. The summed E-state index contributed by atoms with van der Waals surface area (Å²) < 4.78 is 35.9.